The number of hydrogen-bond donors (Lipinski definition) is 1. The highest BCUT2D eigenvalue weighted by Gasteiger charge is 2.48. The van der Waals surface area contributed by atoms with Crippen molar-refractivity contribution in [1.29, 1.82) is 0 Å². The van der Waals surface area contributed by atoms with Gasteiger partial charge in [0.1, 0.15) is 27.5 Å². The number of nitrogens with zero attached hydrogens (tertiary/aromatic N) is 8. The van der Waals surface area contributed by atoms with Gasteiger partial charge in [-0.15, -0.1) is 0 Å². The van der Waals surface area contributed by atoms with Gasteiger partial charge in [0.2, 0.25) is 11.8 Å². The van der Waals surface area contributed by atoms with E-state index >= 15 is 4.79 Å². The Hall–Kier alpha value is -5.76. The molecule has 2 aromatic carbocycles. The van der Waals surface area contributed by atoms with Crippen LogP contribution in [0.4, 0.5) is 26.2 Å². The number of pyridine rings is 2. The summed E-state index contributed by atoms with van der Waals surface area (Å²) in [6.07, 6.45) is 6.06. The van der Waals surface area contributed by atoms with Crippen molar-refractivity contribution in [2.75, 3.05) is 23.4 Å². The molecule has 260 valence electrons. The number of halogens is 3. The van der Waals surface area contributed by atoms with E-state index < -0.39 is 23.7 Å². The Morgan fingerprint density at radius 2 is 1.25 bits per heavy atom. The maximum absolute atomic E-state index is 15.5. The maximum Gasteiger partial charge on any atom is 0.249 e. The standard InChI is InChI=1S/C37H34BrF2N9O2/c1-3-46(2)33-15-9-28(22-43-33)37(20-32(41)50,27-8-14-31(38)42-21-27)36(51)49(34-16-18-47(44-34)23-25-4-10-29(39)11-5-25)35-17-19-48(45-35)24-26-6-12-30(40)13-7-26/h4-19,21-22H,3,20,23-24H2,1-2H3,(H2,41,50). The van der Waals surface area contributed by atoms with Crippen LogP contribution < -0.4 is 15.5 Å². The SMILES string of the molecule is CCN(C)c1ccc(C(CC(N)=O)(C(=O)N(c2ccn(Cc3ccc(F)cc3)n2)c2ccn(Cc3ccc(F)cc3)n2)c2ccc(Br)nc2)cn1. The lowest BCUT2D eigenvalue weighted by atomic mass is 9.71. The van der Waals surface area contributed by atoms with Crippen LogP contribution in [0.3, 0.4) is 0 Å². The van der Waals surface area contributed by atoms with E-state index in [9.17, 15) is 13.6 Å². The van der Waals surface area contributed by atoms with Crippen molar-refractivity contribution >= 4 is 45.2 Å². The molecule has 0 aliphatic carbocycles. The van der Waals surface area contributed by atoms with Gasteiger partial charge in [-0.3, -0.25) is 19.0 Å². The molecule has 51 heavy (non-hydrogen) atoms. The minimum atomic E-state index is -1.72. The predicted molar refractivity (Wildman–Crippen MR) is 192 cm³/mol. The van der Waals surface area contributed by atoms with Gasteiger partial charge in [0.25, 0.3) is 0 Å². The number of hydrogen-bond acceptors (Lipinski definition) is 7. The van der Waals surface area contributed by atoms with E-state index in [1.54, 1.807) is 88.6 Å². The Morgan fingerprint density at radius 3 is 1.69 bits per heavy atom. The molecule has 0 radical (unpaired) electrons. The first-order valence-corrected chi connectivity index (χ1v) is 16.8. The van der Waals surface area contributed by atoms with Crippen molar-refractivity contribution < 1.29 is 18.4 Å². The van der Waals surface area contributed by atoms with E-state index in [2.05, 4.69) is 25.9 Å². The average molecular weight is 755 g/mol. The van der Waals surface area contributed by atoms with E-state index in [-0.39, 0.29) is 23.3 Å². The van der Waals surface area contributed by atoms with Crippen LogP contribution in [0, 0.1) is 11.6 Å². The van der Waals surface area contributed by atoms with Crippen molar-refractivity contribution in [3.8, 4) is 0 Å². The zero-order valence-electron chi connectivity index (χ0n) is 27.8. The molecule has 0 saturated carbocycles. The summed E-state index contributed by atoms with van der Waals surface area (Å²) < 4.78 is 31.0. The van der Waals surface area contributed by atoms with Crippen LogP contribution in [-0.2, 0) is 28.1 Å². The normalized spacial score (nSPS) is 12.3. The van der Waals surface area contributed by atoms with Crippen molar-refractivity contribution in [1.82, 2.24) is 29.5 Å². The molecule has 0 fully saturated rings. The summed E-state index contributed by atoms with van der Waals surface area (Å²) in [5.41, 5.74) is 6.60. The molecule has 14 heteroatoms. The van der Waals surface area contributed by atoms with E-state index in [0.717, 1.165) is 11.1 Å². The van der Waals surface area contributed by atoms with Crippen LogP contribution in [0.25, 0.3) is 0 Å². The summed E-state index contributed by atoms with van der Waals surface area (Å²) in [7, 11) is 1.90. The van der Waals surface area contributed by atoms with Crippen LogP contribution in [0.15, 0.2) is 114 Å². The topological polar surface area (TPSA) is 128 Å². The number of aromatic nitrogens is 6. The third-order valence-corrected chi connectivity index (χ3v) is 9.03. The zero-order chi connectivity index (χ0) is 36.1. The molecule has 4 aromatic heterocycles. The van der Waals surface area contributed by atoms with Gasteiger partial charge >= 0.3 is 0 Å². The first-order valence-electron chi connectivity index (χ1n) is 16.0. The van der Waals surface area contributed by atoms with Crippen LogP contribution in [-0.4, -0.2) is 54.9 Å². The second kappa shape index (κ2) is 15.0. The van der Waals surface area contributed by atoms with Gasteiger partial charge in [-0.2, -0.15) is 10.2 Å². The predicted octanol–water partition coefficient (Wildman–Crippen LogP) is 5.99. The van der Waals surface area contributed by atoms with Crippen molar-refractivity contribution in [2.24, 2.45) is 5.73 Å². The lowest BCUT2D eigenvalue weighted by molar-refractivity contribution is -0.127. The molecule has 2 N–H and O–H groups in total. The van der Waals surface area contributed by atoms with Crippen molar-refractivity contribution in [2.45, 2.75) is 31.8 Å². The third-order valence-electron chi connectivity index (χ3n) is 8.56. The second-order valence-corrected chi connectivity index (χ2v) is 12.8. The van der Waals surface area contributed by atoms with Crippen LogP contribution in [0.2, 0.25) is 0 Å². The molecule has 0 bridgehead atoms. The van der Waals surface area contributed by atoms with Crippen LogP contribution >= 0.6 is 15.9 Å². The van der Waals surface area contributed by atoms with E-state index in [1.165, 1.54) is 35.4 Å². The fourth-order valence-corrected chi connectivity index (χ4v) is 6.03. The van der Waals surface area contributed by atoms with Crippen LogP contribution in [0.1, 0.15) is 35.6 Å². The quantitative estimate of drug-likeness (QED) is 0.144. The number of anilines is 3. The number of carbonyl (C=O) groups excluding carboxylic acids is 2. The summed E-state index contributed by atoms with van der Waals surface area (Å²) in [5, 5.41) is 9.49. The summed E-state index contributed by atoms with van der Waals surface area (Å²) in [4.78, 5) is 40.9. The molecule has 0 saturated heterocycles. The Labute approximate surface area is 301 Å². The lowest BCUT2D eigenvalue weighted by Crippen LogP contribution is -2.49. The molecule has 1 unspecified atom stereocenters. The summed E-state index contributed by atoms with van der Waals surface area (Å²) >= 11 is 3.38. The van der Waals surface area contributed by atoms with Gasteiger partial charge in [0.05, 0.1) is 13.1 Å². The average Bonchev–Trinajstić information content (AvgIpc) is 3.79. The Bertz CT molecular complexity index is 2030. The van der Waals surface area contributed by atoms with Gasteiger partial charge in [0.15, 0.2) is 11.6 Å². The summed E-state index contributed by atoms with van der Waals surface area (Å²) in [5.74, 6) is -0.930. The molecule has 0 aliphatic rings. The summed E-state index contributed by atoms with van der Waals surface area (Å²) in [6, 6.07) is 22.3. The van der Waals surface area contributed by atoms with Gasteiger partial charge in [-0.05, 0) is 81.5 Å². The van der Waals surface area contributed by atoms with Crippen LogP contribution in [0.5, 0.6) is 0 Å². The van der Waals surface area contributed by atoms with E-state index in [0.29, 0.717) is 41.2 Å². The number of amides is 2. The molecule has 4 heterocycles. The molecule has 0 aliphatic heterocycles. The molecule has 0 spiro atoms. The van der Waals surface area contributed by atoms with E-state index in [4.69, 9.17) is 15.9 Å². The van der Waals surface area contributed by atoms with E-state index in [1.807, 2.05) is 18.9 Å². The highest BCUT2D eigenvalue weighted by molar-refractivity contribution is 9.10. The Balaban J connectivity index is 1.51. The van der Waals surface area contributed by atoms with Gasteiger partial charge in [0, 0.05) is 56.9 Å². The fraction of sp³-hybridized carbons (Fsp3) is 0.189. The second-order valence-electron chi connectivity index (χ2n) is 12.0. The number of rotatable bonds is 13. The Morgan fingerprint density at radius 1 is 0.745 bits per heavy atom. The largest absolute Gasteiger partial charge is 0.370 e. The highest BCUT2D eigenvalue weighted by atomic mass is 79.9. The minimum Gasteiger partial charge on any atom is -0.370 e. The first kappa shape index (κ1) is 35.1. The number of nitrogens with two attached hydrogens (primary N) is 1. The smallest absolute Gasteiger partial charge is 0.249 e. The first-order chi connectivity index (χ1) is 24.5. The maximum atomic E-state index is 15.5. The number of primary amides is 1. The van der Waals surface area contributed by atoms with Gasteiger partial charge < -0.3 is 10.6 Å². The van der Waals surface area contributed by atoms with Crippen molar-refractivity contribution in [3.63, 3.8) is 0 Å². The highest BCUT2D eigenvalue weighted by Crippen LogP contribution is 2.41. The van der Waals surface area contributed by atoms with Gasteiger partial charge in [-0.1, -0.05) is 36.4 Å². The minimum absolute atomic E-state index is 0.211. The molecular formula is C37H34BrF2N9O2. The molecular weight excluding hydrogens is 720 g/mol. The number of carbonyl (C=O) groups is 2. The molecule has 6 rings (SSSR count). The zero-order valence-corrected chi connectivity index (χ0v) is 29.4. The van der Waals surface area contributed by atoms with Gasteiger partial charge in [-0.25, -0.2) is 23.6 Å². The molecule has 11 nitrogen and oxygen atoms in total. The molecule has 6 aromatic rings. The monoisotopic (exact) mass is 753 g/mol. The molecule has 1 atom stereocenters. The summed E-state index contributed by atoms with van der Waals surface area (Å²) in [6.45, 7) is 3.27. The number of benzene rings is 2. The van der Waals surface area contributed by atoms with Crippen molar-refractivity contribution in [3.05, 3.63) is 148 Å². The Kier molecular flexibility index (Phi) is 10.3. The third kappa shape index (κ3) is 7.70. The lowest BCUT2D eigenvalue weighted by Gasteiger charge is -2.36. The molecule has 2 amide bonds. The fourth-order valence-electron chi connectivity index (χ4n) is 5.80.